The first-order valence-corrected chi connectivity index (χ1v) is 20.4. The van der Waals surface area contributed by atoms with Gasteiger partial charge < -0.3 is 13.7 Å². The van der Waals surface area contributed by atoms with Crippen molar-refractivity contribution in [2.24, 2.45) is 0 Å². The lowest BCUT2D eigenvalue weighted by Crippen LogP contribution is -2.10. The zero-order chi connectivity index (χ0) is 38.2. The van der Waals surface area contributed by atoms with Gasteiger partial charge in [-0.15, -0.1) is 11.3 Å². The fraction of sp³-hybridized carbons (Fsp3) is 0. The van der Waals surface area contributed by atoms with Crippen molar-refractivity contribution >= 4 is 92.4 Å². The standard InChI is InChI=1S/C54H33NO2S/c1-2-12-36(13-3-1)40-17-9-20-45-46-21-11-23-48(54(46)58-53(40)45)55(47-22-10-19-44-42-15-5-7-25-50(42)57-52(44)47)38-32-30-35(31-33-38)34-26-28-37(29-27-34)39-16-8-18-43-41-14-4-6-24-49(41)56-51(39)43/h1-33H. The van der Waals surface area contributed by atoms with Gasteiger partial charge in [-0.2, -0.15) is 0 Å². The van der Waals surface area contributed by atoms with Gasteiger partial charge in [-0.1, -0.05) is 164 Å². The molecule has 0 aliphatic heterocycles. The molecule has 0 fully saturated rings. The summed E-state index contributed by atoms with van der Waals surface area (Å²) in [7, 11) is 0. The Morgan fingerprint density at radius 2 is 0.793 bits per heavy atom. The number of rotatable bonds is 6. The summed E-state index contributed by atoms with van der Waals surface area (Å²) in [6.07, 6.45) is 0. The monoisotopic (exact) mass is 759 g/mol. The molecule has 3 heterocycles. The Bertz CT molecular complexity index is 3500. The van der Waals surface area contributed by atoms with Gasteiger partial charge in [0.1, 0.15) is 16.7 Å². The summed E-state index contributed by atoms with van der Waals surface area (Å²) < 4.78 is 15.6. The molecule has 4 heteroatoms. The van der Waals surface area contributed by atoms with E-state index in [0.29, 0.717) is 0 Å². The van der Waals surface area contributed by atoms with E-state index in [2.05, 4.69) is 187 Å². The van der Waals surface area contributed by atoms with Crippen LogP contribution in [0.1, 0.15) is 0 Å². The molecular weight excluding hydrogens is 727 g/mol. The molecule has 3 nitrogen and oxygen atoms in total. The van der Waals surface area contributed by atoms with Crippen LogP contribution in [-0.2, 0) is 0 Å². The molecule has 0 unspecified atom stereocenters. The lowest BCUT2D eigenvalue weighted by atomic mass is 9.98. The van der Waals surface area contributed by atoms with Crippen molar-refractivity contribution in [3.05, 3.63) is 200 Å². The van der Waals surface area contributed by atoms with E-state index in [9.17, 15) is 0 Å². The molecule has 58 heavy (non-hydrogen) atoms. The predicted molar refractivity (Wildman–Crippen MR) is 245 cm³/mol. The summed E-state index contributed by atoms with van der Waals surface area (Å²) in [5.41, 5.74) is 13.7. The van der Waals surface area contributed by atoms with Crippen LogP contribution in [0.2, 0.25) is 0 Å². The average molecular weight is 760 g/mol. The van der Waals surface area contributed by atoms with Gasteiger partial charge in [-0.25, -0.2) is 0 Å². The molecule has 0 atom stereocenters. The van der Waals surface area contributed by atoms with Crippen molar-refractivity contribution in [1.82, 2.24) is 0 Å². The van der Waals surface area contributed by atoms with Crippen LogP contribution in [0.5, 0.6) is 0 Å². The van der Waals surface area contributed by atoms with Gasteiger partial charge in [0.25, 0.3) is 0 Å². The van der Waals surface area contributed by atoms with Crippen molar-refractivity contribution in [3.63, 3.8) is 0 Å². The summed E-state index contributed by atoms with van der Waals surface area (Å²) >= 11 is 1.86. The van der Waals surface area contributed by atoms with Crippen LogP contribution in [0.4, 0.5) is 17.1 Å². The van der Waals surface area contributed by atoms with Gasteiger partial charge in [0.2, 0.25) is 0 Å². The summed E-state index contributed by atoms with van der Waals surface area (Å²) in [6.45, 7) is 0. The highest BCUT2D eigenvalue weighted by Gasteiger charge is 2.23. The van der Waals surface area contributed by atoms with Gasteiger partial charge in [-0.3, -0.25) is 0 Å². The van der Waals surface area contributed by atoms with Crippen molar-refractivity contribution in [3.8, 4) is 33.4 Å². The van der Waals surface area contributed by atoms with E-state index in [1.807, 2.05) is 29.5 Å². The SMILES string of the molecule is c1ccc(-c2cccc3c2sc2c(N(c4ccc(-c5ccc(-c6cccc7c6oc6ccccc67)cc5)cc4)c4cccc5c4oc4ccccc45)cccc23)cc1. The molecule has 0 aliphatic carbocycles. The Hall–Kier alpha value is -7.40. The maximum absolute atomic E-state index is 6.70. The fourth-order valence-electron chi connectivity index (χ4n) is 8.76. The van der Waals surface area contributed by atoms with E-state index in [4.69, 9.17) is 8.83 Å². The molecule has 0 N–H and O–H groups in total. The quantitative estimate of drug-likeness (QED) is 0.169. The number of hydrogen-bond donors (Lipinski definition) is 0. The van der Waals surface area contributed by atoms with Crippen LogP contribution in [0.25, 0.3) is 97.4 Å². The van der Waals surface area contributed by atoms with Crippen LogP contribution >= 0.6 is 11.3 Å². The zero-order valence-electron chi connectivity index (χ0n) is 31.2. The molecule has 12 aromatic rings. The first kappa shape index (κ1) is 32.8. The predicted octanol–water partition coefficient (Wildman–Crippen LogP) is 16.3. The number of nitrogens with zero attached hydrogens (tertiary/aromatic N) is 1. The molecule has 0 bridgehead atoms. The molecule has 0 saturated heterocycles. The number of para-hydroxylation sites is 4. The second-order valence-corrected chi connectivity index (χ2v) is 15.8. The summed E-state index contributed by atoms with van der Waals surface area (Å²) in [5, 5.41) is 7.00. The van der Waals surface area contributed by atoms with Crippen LogP contribution in [0.15, 0.2) is 209 Å². The number of anilines is 3. The third kappa shape index (κ3) is 5.12. The van der Waals surface area contributed by atoms with E-state index in [-0.39, 0.29) is 0 Å². The highest BCUT2D eigenvalue weighted by atomic mass is 32.1. The third-order valence-electron chi connectivity index (χ3n) is 11.5. The lowest BCUT2D eigenvalue weighted by Gasteiger charge is -2.26. The zero-order valence-corrected chi connectivity index (χ0v) is 32.0. The minimum Gasteiger partial charge on any atom is -0.455 e. The molecular formula is C54H33NO2S. The summed E-state index contributed by atoms with van der Waals surface area (Å²) in [6, 6.07) is 71.3. The molecule has 12 rings (SSSR count). The van der Waals surface area contributed by atoms with Crippen LogP contribution < -0.4 is 4.90 Å². The van der Waals surface area contributed by atoms with Crippen LogP contribution in [0.3, 0.4) is 0 Å². The third-order valence-corrected chi connectivity index (χ3v) is 12.8. The van der Waals surface area contributed by atoms with Crippen molar-refractivity contribution < 1.29 is 8.83 Å². The molecule has 0 spiro atoms. The largest absolute Gasteiger partial charge is 0.455 e. The van der Waals surface area contributed by atoms with Crippen molar-refractivity contribution in [1.29, 1.82) is 0 Å². The van der Waals surface area contributed by atoms with E-state index < -0.39 is 0 Å². The number of fused-ring (bicyclic) bond motifs is 9. The normalized spacial score (nSPS) is 11.8. The smallest absolute Gasteiger partial charge is 0.159 e. The average Bonchev–Trinajstić information content (AvgIpc) is 3.99. The van der Waals surface area contributed by atoms with Gasteiger partial charge >= 0.3 is 0 Å². The first-order chi connectivity index (χ1) is 28.8. The molecule has 0 aliphatic rings. The van der Waals surface area contributed by atoms with Crippen LogP contribution in [-0.4, -0.2) is 0 Å². The van der Waals surface area contributed by atoms with Gasteiger partial charge in [0, 0.05) is 48.3 Å². The van der Waals surface area contributed by atoms with Gasteiger partial charge in [-0.05, 0) is 64.2 Å². The fourth-order valence-corrected chi connectivity index (χ4v) is 10.1. The van der Waals surface area contributed by atoms with Gasteiger partial charge in [0.15, 0.2) is 5.58 Å². The minimum atomic E-state index is 0.867. The lowest BCUT2D eigenvalue weighted by molar-refractivity contribution is 0.669. The molecule has 0 radical (unpaired) electrons. The number of benzene rings is 9. The summed E-state index contributed by atoms with van der Waals surface area (Å²) in [5.74, 6) is 0. The molecule has 3 aromatic heterocycles. The van der Waals surface area contributed by atoms with Crippen LogP contribution in [0, 0.1) is 0 Å². The van der Waals surface area contributed by atoms with Crippen molar-refractivity contribution in [2.45, 2.75) is 0 Å². The maximum Gasteiger partial charge on any atom is 0.159 e. The molecule has 0 saturated carbocycles. The molecule has 0 amide bonds. The van der Waals surface area contributed by atoms with E-state index >= 15 is 0 Å². The van der Waals surface area contributed by atoms with E-state index in [0.717, 1.165) is 83.2 Å². The summed E-state index contributed by atoms with van der Waals surface area (Å²) in [4.78, 5) is 2.38. The molecule has 272 valence electrons. The first-order valence-electron chi connectivity index (χ1n) is 19.6. The number of thiophene rings is 1. The Morgan fingerprint density at radius 3 is 1.50 bits per heavy atom. The topological polar surface area (TPSA) is 29.5 Å². The Balaban J connectivity index is 0.992. The van der Waals surface area contributed by atoms with E-state index in [1.165, 1.54) is 31.3 Å². The Kier molecular flexibility index (Phi) is 7.40. The molecule has 9 aromatic carbocycles. The minimum absolute atomic E-state index is 0.867. The maximum atomic E-state index is 6.70. The highest BCUT2D eigenvalue weighted by Crippen LogP contribution is 2.49. The second kappa shape index (κ2) is 13.1. The number of furan rings is 2. The van der Waals surface area contributed by atoms with Crippen molar-refractivity contribution in [2.75, 3.05) is 4.90 Å². The Labute approximate surface area is 338 Å². The highest BCUT2D eigenvalue weighted by molar-refractivity contribution is 7.27. The second-order valence-electron chi connectivity index (χ2n) is 14.8. The van der Waals surface area contributed by atoms with E-state index in [1.54, 1.807) is 0 Å². The number of hydrogen-bond acceptors (Lipinski definition) is 4. The Morgan fingerprint density at radius 1 is 0.310 bits per heavy atom. The van der Waals surface area contributed by atoms with Gasteiger partial charge in [0.05, 0.1) is 16.1 Å².